The molecule has 2 heterocycles. The molecular weight excluding hydrogens is 548 g/mol. The fourth-order valence-corrected chi connectivity index (χ4v) is 6.85. The fourth-order valence-electron chi connectivity index (χ4n) is 6.85. The zero-order valence-electron chi connectivity index (χ0n) is 24.5. The van der Waals surface area contributed by atoms with E-state index in [2.05, 4.69) is 167 Å². The quantitative estimate of drug-likeness (QED) is 0.203. The molecule has 0 aliphatic rings. The van der Waals surface area contributed by atoms with Crippen LogP contribution in [0.2, 0.25) is 0 Å². The van der Waals surface area contributed by atoms with Crippen LogP contribution >= 0.6 is 0 Å². The molecule has 45 heavy (non-hydrogen) atoms. The van der Waals surface area contributed by atoms with Crippen molar-refractivity contribution in [3.63, 3.8) is 0 Å². The van der Waals surface area contributed by atoms with Crippen molar-refractivity contribution >= 4 is 60.8 Å². The Morgan fingerprint density at radius 3 is 1.89 bits per heavy atom. The fraction of sp³-hybridized carbons (Fsp3) is 0. The first-order chi connectivity index (χ1) is 22.3. The summed E-state index contributed by atoms with van der Waals surface area (Å²) in [5.41, 5.74) is 10.9. The number of aromatic nitrogens is 1. The Balaban J connectivity index is 1.40. The lowest BCUT2D eigenvalue weighted by atomic mass is 9.98. The maximum absolute atomic E-state index is 6.38. The molecule has 0 atom stereocenters. The van der Waals surface area contributed by atoms with Crippen LogP contribution in [0.3, 0.4) is 0 Å². The van der Waals surface area contributed by atoms with Crippen molar-refractivity contribution in [3.8, 4) is 16.8 Å². The van der Waals surface area contributed by atoms with Crippen molar-refractivity contribution in [3.05, 3.63) is 170 Å². The van der Waals surface area contributed by atoms with Gasteiger partial charge in [-0.1, -0.05) is 103 Å². The number of hydrogen-bond acceptors (Lipinski definition) is 2. The minimum atomic E-state index is 0.874. The van der Waals surface area contributed by atoms with Gasteiger partial charge >= 0.3 is 0 Å². The maximum atomic E-state index is 6.38. The molecule has 0 saturated heterocycles. The first-order valence-electron chi connectivity index (χ1n) is 15.3. The van der Waals surface area contributed by atoms with E-state index in [9.17, 15) is 0 Å². The summed E-state index contributed by atoms with van der Waals surface area (Å²) in [5.74, 6) is 0. The van der Waals surface area contributed by atoms with E-state index in [1.165, 1.54) is 27.4 Å². The lowest BCUT2D eigenvalue weighted by molar-refractivity contribution is 0.669. The highest BCUT2D eigenvalue weighted by molar-refractivity contribution is 6.21. The lowest BCUT2D eigenvalue weighted by Crippen LogP contribution is -2.10. The van der Waals surface area contributed by atoms with Crippen molar-refractivity contribution in [2.24, 2.45) is 0 Å². The van der Waals surface area contributed by atoms with E-state index in [1.807, 2.05) is 12.1 Å². The predicted octanol–water partition coefficient (Wildman–Crippen LogP) is 11.8. The van der Waals surface area contributed by atoms with Gasteiger partial charge in [-0.25, -0.2) is 0 Å². The Bertz CT molecular complexity index is 2470. The van der Waals surface area contributed by atoms with Crippen molar-refractivity contribution in [2.45, 2.75) is 0 Å². The first kappa shape index (κ1) is 25.4. The van der Waals surface area contributed by atoms with Crippen LogP contribution in [0.15, 0.2) is 174 Å². The third-order valence-corrected chi connectivity index (χ3v) is 8.77. The molecule has 0 aliphatic carbocycles. The van der Waals surface area contributed by atoms with Crippen LogP contribution in [0.5, 0.6) is 0 Å². The number of anilines is 3. The van der Waals surface area contributed by atoms with Gasteiger partial charge in [0.1, 0.15) is 11.2 Å². The normalized spacial score (nSPS) is 11.6. The van der Waals surface area contributed by atoms with Crippen LogP contribution in [0.1, 0.15) is 0 Å². The highest BCUT2D eigenvalue weighted by Gasteiger charge is 2.23. The minimum absolute atomic E-state index is 0.874. The molecule has 2 aromatic heterocycles. The molecule has 0 amide bonds. The Hall–Kier alpha value is -6.06. The standard InChI is InChI=1S/C42H28N2O/c1-4-14-29(15-5-1)33-21-12-22-36-41(33)42-37(23-13-24-38(42)44(36)31-18-8-3-9-19-31)43(30-16-6-2-7-17-30)32-26-27-35-34-20-10-11-25-39(34)45-40(35)28-32/h1-28H. The molecule has 9 rings (SSSR count). The molecule has 3 nitrogen and oxygen atoms in total. The zero-order valence-corrected chi connectivity index (χ0v) is 24.5. The van der Waals surface area contributed by atoms with E-state index in [0.29, 0.717) is 0 Å². The van der Waals surface area contributed by atoms with E-state index in [-0.39, 0.29) is 0 Å². The molecule has 3 heteroatoms. The van der Waals surface area contributed by atoms with Crippen molar-refractivity contribution in [2.75, 3.05) is 4.90 Å². The van der Waals surface area contributed by atoms with Gasteiger partial charge in [0.2, 0.25) is 0 Å². The molecule has 9 aromatic rings. The van der Waals surface area contributed by atoms with E-state index in [0.717, 1.165) is 50.2 Å². The van der Waals surface area contributed by atoms with Crippen molar-refractivity contribution in [1.29, 1.82) is 0 Å². The predicted molar refractivity (Wildman–Crippen MR) is 188 cm³/mol. The summed E-state index contributed by atoms with van der Waals surface area (Å²) in [6.07, 6.45) is 0. The van der Waals surface area contributed by atoms with Crippen LogP contribution in [0, 0.1) is 0 Å². The maximum Gasteiger partial charge on any atom is 0.137 e. The van der Waals surface area contributed by atoms with Crippen LogP contribution in [-0.4, -0.2) is 4.57 Å². The van der Waals surface area contributed by atoms with Gasteiger partial charge in [-0.2, -0.15) is 0 Å². The van der Waals surface area contributed by atoms with E-state index >= 15 is 0 Å². The molecule has 0 fully saturated rings. The van der Waals surface area contributed by atoms with Gasteiger partial charge < -0.3 is 13.9 Å². The third kappa shape index (κ3) is 4.05. The Morgan fingerprint density at radius 1 is 0.444 bits per heavy atom. The molecule has 7 aromatic carbocycles. The summed E-state index contributed by atoms with van der Waals surface area (Å²) < 4.78 is 8.78. The minimum Gasteiger partial charge on any atom is -0.456 e. The first-order valence-corrected chi connectivity index (χ1v) is 15.3. The number of hydrogen-bond donors (Lipinski definition) is 0. The average Bonchev–Trinajstić information content (AvgIpc) is 3.65. The smallest absolute Gasteiger partial charge is 0.137 e. The summed E-state index contributed by atoms with van der Waals surface area (Å²) in [4.78, 5) is 2.37. The van der Waals surface area contributed by atoms with Crippen LogP contribution < -0.4 is 4.90 Å². The van der Waals surface area contributed by atoms with E-state index in [1.54, 1.807) is 0 Å². The van der Waals surface area contributed by atoms with Gasteiger partial charge in [0.05, 0.1) is 16.7 Å². The topological polar surface area (TPSA) is 21.3 Å². The van der Waals surface area contributed by atoms with Crippen LogP contribution in [0.25, 0.3) is 60.6 Å². The molecule has 0 radical (unpaired) electrons. The lowest BCUT2D eigenvalue weighted by Gasteiger charge is -2.26. The van der Waals surface area contributed by atoms with E-state index < -0.39 is 0 Å². The summed E-state index contributed by atoms with van der Waals surface area (Å²) in [6.45, 7) is 0. The number of furan rings is 1. The second-order valence-electron chi connectivity index (χ2n) is 11.4. The van der Waals surface area contributed by atoms with Gasteiger partial charge in [0, 0.05) is 44.7 Å². The molecule has 0 bridgehead atoms. The monoisotopic (exact) mass is 576 g/mol. The summed E-state index contributed by atoms with van der Waals surface area (Å²) >= 11 is 0. The highest BCUT2D eigenvalue weighted by atomic mass is 16.3. The molecule has 0 unspecified atom stereocenters. The van der Waals surface area contributed by atoms with Gasteiger partial charge in [-0.3, -0.25) is 0 Å². The zero-order chi connectivity index (χ0) is 29.7. The van der Waals surface area contributed by atoms with Gasteiger partial charge in [0.25, 0.3) is 0 Å². The largest absolute Gasteiger partial charge is 0.456 e. The van der Waals surface area contributed by atoms with Gasteiger partial charge in [-0.15, -0.1) is 0 Å². The summed E-state index contributed by atoms with van der Waals surface area (Å²) in [6, 6.07) is 60.1. The van der Waals surface area contributed by atoms with Crippen molar-refractivity contribution < 1.29 is 4.42 Å². The van der Waals surface area contributed by atoms with Crippen LogP contribution in [-0.2, 0) is 0 Å². The summed E-state index contributed by atoms with van der Waals surface area (Å²) in [5, 5.41) is 4.67. The van der Waals surface area contributed by atoms with Gasteiger partial charge in [-0.05, 0) is 71.8 Å². The Kier molecular flexibility index (Phi) is 5.82. The highest BCUT2D eigenvalue weighted by Crippen LogP contribution is 2.47. The number of nitrogens with zero attached hydrogens (tertiary/aromatic N) is 2. The SMILES string of the molecule is c1ccc(-c2cccc3c2c2c(N(c4ccccc4)c4ccc5c(c4)oc4ccccc45)cccc2n3-c2ccccc2)cc1. The Labute approximate surface area is 260 Å². The Morgan fingerprint density at radius 2 is 1.09 bits per heavy atom. The molecule has 0 spiro atoms. The van der Waals surface area contributed by atoms with Gasteiger partial charge in [0.15, 0.2) is 0 Å². The molecule has 212 valence electrons. The van der Waals surface area contributed by atoms with E-state index in [4.69, 9.17) is 4.42 Å². The molecule has 0 saturated carbocycles. The summed E-state index contributed by atoms with van der Waals surface area (Å²) in [7, 11) is 0. The number of para-hydroxylation sites is 3. The second-order valence-corrected chi connectivity index (χ2v) is 11.4. The number of rotatable bonds is 5. The molecule has 0 aliphatic heterocycles. The number of fused-ring (bicyclic) bond motifs is 6. The molecule has 0 N–H and O–H groups in total. The average molecular weight is 577 g/mol. The van der Waals surface area contributed by atoms with Crippen LogP contribution in [0.4, 0.5) is 17.1 Å². The second kappa shape index (κ2) is 10.3. The van der Waals surface area contributed by atoms with Crippen molar-refractivity contribution in [1.82, 2.24) is 4.57 Å². The third-order valence-electron chi connectivity index (χ3n) is 8.77. The number of benzene rings is 7. The molecular formula is C42H28N2O.